The normalized spacial score (nSPS) is 11.1. The molecule has 0 bridgehead atoms. The largest absolute Gasteiger partial charge is 0.311 e. The summed E-state index contributed by atoms with van der Waals surface area (Å²) in [6, 6.07) is 10.4. The van der Waals surface area contributed by atoms with Gasteiger partial charge < -0.3 is 5.32 Å². The molecule has 1 aromatic carbocycles. The van der Waals surface area contributed by atoms with Gasteiger partial charge in [0.1, 0.15) is 0 Å². The van der Waals surface area contributed by atoms with Gasteiger partial charge >= 0.3 is 0 Å². The molecule has 0 unspecified atom stereocenters. The quantitative estimate of drug-likeness (QED) is 0.723. The topological polar surface area (TPSA) is 42.7 Å². The van der Waals surface area contributed by atoms with E-state index in [1.54, 1.807) is 6.20 Å². The van der Waals surface area contributed by atoms with E-state index in [0.717, 1.165) is 29.7 Å². The first-order valence-corrected chi connectivity index (χ1v) is 7.74. The fourth-order valence-corrected chi connectivity index (χ4v) is 2.86. The Morgan fingerprint density at radius 2 is 2.10 bits per heavy atom. The Balaban J connectivity index is 1.60. The van der Waals surface area contributed by atoms with E-state index < -0.39 is 0 Å². The summed E-state index contributed by atoms with van der Waals surface area (Å²) in [4.78, 5) is 4.18. The second kappa shape index (κ2) is 6.37. The second-order valence-corrected chi connectivity index (χ2v) is 5.94. The minimum absolute atomic E-state index is 0.781. The number of aryl methyl sites for hydroxylation is 1. The summed E-state index contributed by atoms with van der Waals surface area (Å²) >= 11 is 3.44. The lowest BCUT2D eigenvalue weighted by Gasteiger charge is -2.03. The smallest absolute Gasteiger partial charge is 0.0841 e. The van der Waals surface area contributed by atoms with Crippen LogP contribution < -0.4 is 5.32 Å². The molecule has 4 nitrogen and oxygen atoms in total. The lowest BCUT2D eigenvalue weighted by molar-refractivity contribution is 0.658. The van der Waals surface area contributed by atoms with Crippen molar-refractivity contribution in [3.05, 3.63) is 58.5 Å². The first-order valence-electron chi connectivity index (χ1n) is 6.95. The molecule has 0 aliphatic rings. The van der Waals surface area contributed by atoms with Crippen LogP contribution in [-0.2, 0) is 20.0 Å². The second-order valence-electron chi connectivity index (χ2n) is 5.03. The molecular weight excluding hydrogens is 328 g/mol. The summed E-state index contributed by atoms with van der Waals surface area (Å²) in [7, 11) is 1.99. The molecular formula is C16H17BrN4. The van der Waals surface area contributed by atoms with E-state index in [1.807, 2.05) is 24.0 Å². The standard InChI is InChI=1S/C16H17BrN4/c1-21-16-5-3-2-4-14(16)15(20-21)11-18-7-6-12-8-13(17)10-19-9-12/h2-5,8-10,18H,6-7,11H2,1H3. The van der Waals surface area contributed by atoms with Crippen molar-refractivity contribution in [2.24, 2.45) is 7.05 Å². The van der Waals surface area contributed by atoms with E-state index in [0.29, 0.717) is 0 Å². The van der Waals surface area contributed by atoms with Crippen molar-refractivity contribution in [3.8, 4) is 0 Å². The number of hydrogen-bond donors (Lipinski definition) is 1. The van der Waals surface area contributed by atoms with Gasteiger partial charge in [0.25, 0.3) is 0 Å². The highest BCUT2D eigenvalue weighted by Crippen LogP contribution is 2.17. The van der Waals surface area contributed by atoms with Crippen LogP contribution in [-0.4, -0.2) is 21.3 Å². The van der Waals surface area contributed by atoms with Gasteiger partial charge in [0.05, 0.1) is 11.2 Å². The number of pyridine rings is 1. The van der Waals surface area contributed by atoms with Crippen molar-refractivity contribution in [3.63, 3.8) is 0 Å². The maximum Gasteiger partial charge on any atom is 0.0841 e. The minimum atomic E-state index is 0.781. The number of hydrogen-bond acceptors (Lipinski definition) is 3. The third-order valence-electron chi connectivity index (χ3n) is 3.48. The molecule has 0 saturated heterocycles. The molecule has 0 fully saturated rings. The average molecular weight is 345 g/mol. The number of fused-ring (bicyclic) bond motifs is 1. The number of halogens is 1. The predicted octanol–water partition coefficient (Wildman–Crippen LogP) is 3.06. The van der Waals surface area contributed by atoms with Crippen LogP contribution in [0.2, 0.25) is 0 Å². The fraction of sp³-hybridized carbons (Fsp3) is 0.250. The predicted molar refractivity (Wildman–Crippen MR) is 88.1 cm³/mol. The molecule has 0 radical (unpaired) electrons. The Morgan fingerprint density at radius 3 is 2.95 bits per heavy atom. The Bertz CT molecular complexity index is 751. The number of nitrogens with one attached hydrogen (secondary N) is 1. The lowest BCUT2D eigenvalue weighted by Crippen LogP contribution is -2.17. The molecule has 2 aromatic heterocycles. The molecule has 0 atom stereocenters. The van der Waals surface area contributed by atoms with Gasteiger partial charge in [-0.2, -0.15) is 5.10 Å². The number of aromatic nitrogens is 3. The molecule has 2 heterocycles. The number of para-hydroxylation sites is 1. The van der Waals surface area contributed by atoms with Crippen LogP contribution >= 0.6 is 15.9 Å². The third kappa shape index (κ3) is 3.31. The Morgan fingerprint density at radius 1 is 1.24 bits per heavy atom. The van der Waals surface area contributed by atoms with Crippen molar-refractivity contribution < 1.29 is 0 Å². The fourth-order valence-electron chi connectivity index (χ4n) is 2.45. The van der Waals surface area contributed by atoms with Gasteiger partial charge in [-0.25, -0.2) is 0 Å². The zero-order valence-electron chi connectivity index (χ0n) is 11.9. The van der Waals surface area contributed by atoms with Gasteiger partial charge in [-0.1, -0.05) is 18.2 Å². The van der Waals surface area contributed by atoms with Gasteiger partial charge in [0.15, 0.2) is 0 Å². The molecule has 0 aliphatic carbocycles. The van der Waals surface area contributed by atoms with E-state index in [2.05, 4.69) is 55.6 Å². The van der Waals surface area contributed by atoms with E-state index in [1.165, 1.54) is 16.5 Å². The first kappa shape index (κ1) is 14.2. The maximum absolute atomic E-state index is 4.58. The summed E-state index contributed by atoms with van der Waals surface area (Å²) in [5.74, 6) is 0. The highest BCUT2D eigenvalue weighted by molar-refractivity contribution is 9.10. The lowest BCUT2D eigenvalue weighted by atomic mass is 10.2. The summed E-state index contributed by atoms with van der Waals surface area (Å²) in [5, 5.41) is 9.26. The average Bonchev–Trinajstić information content (AvgIpc) is 2.81. The highest BCUT2D eigenvalue weighted by Gasteiger charge is 2.06. The monoisotopic (exact) mass is 344 g/mol. The molecule has 0 spiro atoms. The van der Waals surface area contributed by atoms with Crippen molar-refractivity contribution in [1.82, 2.24) is 20.1 Å². The SMILES string of the molecule is Cn1nc(CNCCc2cncc(Br)c2)c2ccccc21. The molecule has 3 aromatic rings. The van der Waals surface area contributed by atoms with E-state index in [4.69, 9.17) is 0 Å². The van der Waals surface area contributed by atoms with Crippen LogP contribution in [0.3, 0.4) is 0 Å². The molecule has 5 heteroatoms. The van der Waals surface area contributed by atoms with Gasteiger partial charge in [-0.3, -0.25) is 9.67 Å². The Kier molecular flexibility index (Phi) is 4.31. The van der Waals surface area contributed by atoms with Crippen LogP contribution in [0.5, 0.6) is 0 Å². The van der Waals surface area contributed by atoms with Gasteiger partial charge in [-0.15, -0.1) is 0 Å². The van der Waals surface area contributed by atoms with Crippen molar-refractivity contribution >= 4 is 26.8 Å². The van der Waals surface area contributed by atoms with Crippen LogP contribution in [0.1, 0.15) is 11.3 Å². The minimum Gasteiger partial charge on any atom is -0.311 e. The molecule has 0 amide bonds. The van der Waals surface area contributed by atoms with Crippen LogP contribution in [0.15, 0.2) is 47.2 Å². The Labute approximate surface area is 132 Å². The number of benzene rings is 1. The zero-order valence-corrected chi connectivity index (χ0v) is 13.5. The summed E-state index contributed by atoms with van der Waals surface area (Å²) in [6.45, 7) is 1.69. The molecule has 1 N–H and O–H groups in total. The highest BCUT2D eigenvalue weighted by atomic mass is 79.9. The van der Waals surface area contributed by atoms with Gasteiger partial charge in [0.2, 0.25) is 0 Å². The Hall–Kier alpha value is -1.72. The molecule has 0 aliphatic heterocycles. The van der Waals surface area contributed by atoms with Crippen LogP contribution in [0, 0.1) is 0 Å². The van der Waals surface area contributed by atoms with Crippen molar-refractivity contribution in [2.75, 3.05) is 6.54 Å². The molecule has 0 saturated carbocycles. The maximum atomic E-state index is 4.58. The first-order chi connectivity index (χ1) is 10.2. The van der Waals surface area contributed by atoms with E-state index in [-0.39, 0.29) is 0 Å². The van der Waals surface area contributed by atoms with Crippen molar-refractivity contribution in [2.45, 2.75) is 13.0 Å². The number of nitrogens with zero attached hydrogens (tertiary/aromatic N) is 3. The van der Waals surface area contributed by atoms with Gasteiger partial charge in [-0.05, 0) is 46.6 Å². The summed E-state index contributed by atoms with van der Waals surface area (Å²) in [5.41, 5.74) is 3.49. The third-order valence-corrected chi connectivity index (χ3v) is 3.91. The summed E-state index contributed by atoms with van der Waals surface area (Å²) < 4.78 is 2.96. The molecule has 108 valence electrons. The summed E-state index contributed by atoms with van der Waals surface area (Å²) in [6.07, 6.45) is 4.66. The zero-order chi connectivity index (χ0) is 14.7. The van der Waals surface area contributed by atoms with Crippen molar-refractivity contribution in [1.29, 1.82) is 0 Å². The van der Waals surface area contributed by atoms with Crippen LogP contribution in [0.25, 0.3) is 10.9 Å². The molecule has 3 rings (SSSR count). The van der Waals surface area contributed by atoms with Gasteiger partial charge in [0, 0.05) is 35.8 Å². The van der Waals surface area contributed by atoms with E-state index >= 15 is 0 Å². The van der Waals surface area contributed by atoms with Crippen LogP contribution in [0.4, 0.5) is 0 Å². The number of rotatable bonds is 5. The van der Waals surface area contributed by atoms with E-state index in [9.17, 15) is 0 Å². The molecule has 21 heavy (non-hydrogen) atoms.